The Labute approximate surface area is 111 Å². The van der Waals surface area contributed by atoms with Gasteiger partial charge >= 0.3 is 0 Å². The van der Waals surface area contributed by atoms with Crippen molar-refractivity contribution in [3.63, 3.8) is 0 Å². The highest BCUT2D eigenvalue weighted by Gasteiger charge is 2.20. The Bertz CT molecular complexity index is 538. The van der Waals surface area contributed by atoms with E-state index in [9.17, 15) is 0 Å². The molecule has 0 unspecified atom stereocenters. The lowest BCUT2D eigenvalue weighted by molar-refractivity contribution is 0.688. The summed E-state index contributed by atoms with van der Waals surface area (Å²) in [6.45, 7) is 0.817. The van der Waals surface area contributed by atoms with Crippen LogP contribution in [0.25, 0.3) is 11.3 Å². The average molecular weight is 260 g/mol. The summed E-state index contributed by atoms with van der Waals surface area (Å²) < 4.78 is 0. The van der Waals surface area contributed by atoms with Gasteiger partial charge in [0.1, 0.15) is 0 Å². The summed E-state index contributed by atoms with van der Waals surface area (Å²) in [5, 5.41) is 4.27. The van der Waals surface area contributed by atoms with Gasteiger partial charge in [-0.15, -0.1) is 0 Å². The maximum absolute atomic E-state index is 6.21. The summed E-state index contributed by atoms with van der Waals surface area (Å²) in [7, 11) is 0. The molecule has 1 heterocycles. The molecule has 1 aliphatic carbocycles. The van der Waals surface area contributed by atoms with Crippen LogP contribution in [-0.4, -0.2) is 16.0 Å². The van der Waals surface area contributed by atoms with E-state index in [1.165, 1.54) is 12.8 Å². The molecule has 1 N–H and O–H groups in total. The maximum atomic E-state index is 6.21. The highest BCUT2D eigenvalue weighted by molar-refractivity contribution is 6.31. The first-order valence-electron chi connectivity index (χ1n) is 6.11. The van der Waals surface area contributed by atoms with Crippen LogP contribution in [0.5, 0.6) is 0 Å². The monoisotopic (exact) mass is 259 g/mol. The molecule has 1 aliphatic rings. The number of hydrogen-bond donors (Lipinski definition) is 1. The van der Waals surface area contributed by atoms with E-state index in [4.69, 9.17) is 11.6 Å². The Balaban J connectivity index is 1.84. The molecular formula is C14H14ClN3. The van der Waals surface area contributed by atoms with E-state index in [0.717, 1.165) is 28.4 Å². The van der Waals surface area contributed by atoms with Gasteiger partial charge in [-0.25, -0.2) is 0 Å². The van der Waals surface area contributed by atoms with Gasteiger partial charge < -0.3 is 5.32 Å². The van der Waals surface area contributed by atoms with Gasteiger partial charge in [-0.05, 0) is 30.5 Å². The number of halogens is 1. The Hall–Kier alpha value is -1.45. The molecule has 0 aliphatic heterocycles. The highest BCUT2D eigenvalue weighted by Crippen LogP contribution is 2.25. The topological polar surface area (TPSA) is 37.8 Å². The predicted octanol–water partition coefficient (Wildman–Crippen LogP) is 3.05. The number of nitrogens with zero attached hydrogens (tertiary/aromatic N) is 2. The van der Waals surface area contributed by atoms with E-state index >= 15 is 0 Å². The van der Waals surface area contributed by atoms with Crippen LogP contribution in [0.15, 0.2) is 36.8 Å². The van der Waals surface area contributed by atoms with Crippen LogP contribution in [0.1, 0.15) is 18.4 Å². The lowest BCUT2D eigenvalue weighted by Gasteiger charge is -2.08. The van der Waals surface area contributed by atoms with Crippen LogP contribution in [0.2, 0.25) is 5.02 Å². The number of rotatable bonds is 4. The van der Waals surface area contributed by atoms with Gasteiger partial charge in [0.05, 0.1) is 11.9 Å². The van der Waals surface area contributed by atoms with Gasteiger partial charge in [0, 0.05) is 35.6 Å². The van der Waals surface area contributed by atoms with Crippen molar-refractivity contribution in [1.82, 2.24) is 15.3 Å². The molecular weight excluding hydrogens is 246 g/mol. The second-order valence-corrected chi connectivity index (χ2v) is 4.96. The van der Waals surface area contributed by atoms with Gasteiger partial charge in [0.25, 0.3) is 0 Å². The quantitative estimate of drug-likeness (QED) is 0.917. The van der Waals surface area contributed by atoms with Crippen LogP contribution in [0, 0.1) is 0 Å². The van der Waals surface area contributed by atoms with Crippen molar-refractivity contribution in [3.8, 4) is 11.3 Å². The van der Waals surface area contributed by atoms with Crippen molar-refractivity contribution in [2.24, 2.45) is 0 Å². The summed E-state index contributed by atoms with van der Waals surface area (Å²) in [6, 6.07) is 6.67. The van der Waals surface area contributed by atoms with Crippen LogP contribution in [0.4, 0.5) is 0 Å². The van der Waals surface area contributed by atoms with Gasteiger partial charge in [-0.2, -0.15) is 0 Å². The minimum Gasteiger partial charge on any atom is -0.310 e. The second kappa shape index (κ2) is 5.04. The fourth-order valence-electron chi connectivity index (χ4n) is 1.86. The van der Waals surface area contributed by atoms with Crippen LogP contribution in [-0.2, 0) is 6.54 Å². The molecule has 0 saturated heterocycles. The lowest BCUT2D eigenvalue weighted by atomic mass is 10.1. The fraction of sp³-hybridized carbons (Fsp3) is 0.286. The number of benzene rings is 1. The molecule has 3 nitrogen and oxygen atoms in total. The minimum atomic E-state index is 0.682. The Morgan fingerprint density at radius 2 is 2.17 bits per heavy atom. The Morgan fingerprint density at radius 1 is 1.28 bits per heavy atom. The fourth-order valence-corrected chi connectivity index (χ4v) is 2.04. The molecule has 0 amide bonds. The molecule has 0 spiro atoms. The SMILES string of the molecule is Clc1ccc(-c2cnccn2)cc1CNC1CC1. The molecule has 0 bridgehead atoms. The molecule has 0 radical (unpaired) electrons. The van der Waals surface area contributed by atoms with Crippen molar-refractivity contribution >= 4 is 11.6 Å². The smallest absolute Gasteiger partial charge is 0.0885 e. The third-order valence-electron chi connectivity index (χ3n) is 3.06. The molecule has 1 fully saturated rings. The van der Waals surface area contributed by atoms with Crippen molar-refractivity contribution in [1.29, 1.82) is 0 Å². The summed E-state index contributed by atoms with van der Waals surface area (Å²) >= 11 is 6.21. The predicted molar refractivity (Wildman–Crippen MR) is 72.3 cm³/mol. The molecule has 4 heteroatoms. The van der Waals surface area contributed by atoms with Crippen molar-refractivity contribution < 1.29 is 0 Å². The molecule has 3 rings (SSSR count). The zero-order valence-corrected chi connectivity index (χ0v) is 10.7. The zero-order chi connectivity index (χ0) is 12.4. The van der Waals surface area contributed by atoms with E-state index in [-0.39, 0.29) is 0 Å². The second-order valence-electron chi connectivity index (χ2n) is 4.55. The summed E-state index contributed by atoms with van der Waals surface area (Å²) in [5.41, 5.74) is 3.05. The zero-order valence-electron chi connectivity index (χ0n) is 9.94. The van der Waals surface area contributed by atoms with Crippen LogP contribution < -0.4 is 5.32 Å². The number of nitrogens with one attached hydrogen (secondary N) is 1. The van der Waals surface area contributed by atoms with E-state index in [2.05, 4.69) is 21.4 Å². The van der Waals surface area contributed by atoms with Crippen molar-refractivity contribution in [2.75, 3.05) is 0 Å². The molecule has 92 valence electrons. The summed E-state index contributed by atoms with van der Waals surface area (Å²) in [4.78, 5) is 8.39. The van der Waals surface area contributed by atoms with Crippen LogP contribution >= 0.6 is 11.6 Å². The normalized spacial score (nSPS) is 14.7. The Morgan fingerprint density at radius 3 is 2.89 bits per heavy atom. The third kappa shape index (κ3) is 2.68. The van der Waals surface area contributed by atoms with Crippen LogP contribution in [0.3, 0.4) is 0 Å². The van der Waals surface area contributed by atoms with E-state index in [0.29, 0.717) is 6.04 Å². The molecule has 1 saturated carbocycles. The average Bonchev–Trinajstić information content (AvgIpc) is 3.23. The molecule has 2 aromatic rings. The van der Waals surface area contributed by atoms with Crippen molar-refractivity contribution in [3.05, 3.63) is 47.4 Å². The lowest BCUT2D eigenvalue weighted by Crippen LogP contribution is -2.15. The largest absolute Gasteiger partial charge is 0.310 e. The summed E-state index contributed by atoms with van der Waals surface area (Å²) in [6.07, 6.45) is 7.70. The molecule has 0 atom stereocenters. The standard InChI is InChI=1S/C14H14ClN3/c15-13-4-1-10(14-9-16-5-6-17-14)7-11(13)8-18-12-2-3-12/h1,4-7,9,12,18H,2-3,8H2. The first-order chi connectivity index (χ1) is 8.83. The van der Waals surface area contributed by atoms with E-state index < -0.39 is 0 Å². The highest BCUT2D eigenvalue weighted by atomic mass is 35.5. The first-order valence-corrected chi connectivity index (χ1v) is 6.49. The molecule has 1 aromatic carbocycles. The van der Waals surface area contributed by atoms with Gasteiger partial charge in [0.15, 0.2) is 0 Å². The molecule has 1 aromatic heterocycles. The van der Waals surface area contributed by atoms with Gasteiger partial charge in [-0.3, -0.25) is 9.97 Å². The van der Waals surface area contributed by atoms with Gasteiger partial charge in [0.2, 0.25) is 0 Å². The van der Waals surface area contributed by atoms with Crippen molar-refractivity contribution in [2.45, 2.75) is 25.4 Å². The summed E-state index contributed by atoms with van der Waals surface area (Å²) in [5.74, 6) is 0. The van der Waals surface area contributed by atoms with E-state index in [1.54, 1.807) is 18.6 Å². The molecule has 18 heavy (non-hydrogen) atoms. The van der Waals surface area contributed by atoms with E-state index in [1.807, 2.05) is 12.1 Å². The first kappa shape index (κ1) is 11.6. The number of hydrogen-bond acceptors (Lipinski definition) is 3. The van der Waals surface area contributed by atoms with Gasteiger partial charge in [-0.1, -0.05) is 17.7 Å². The Kier molecular flexibility index (Phi) is 3.26. The third-order valence-corrected chi connectivity index (χ3v) is 3.43. The maximum Gasteiger partial charge on any atom is 0.0885 e. The minimum absolute atomic E-state index is 0.682. The number of aromatic nitrogens is 2.